The van der Waals surface area contributed by atoms with E-state index in [9.17, 15) is 0 Å². The van der Waals surface area contributed by atoms with Crippen LogP contribution in [0.3, 0.4) is 0 Å². The molecule has 10 heteroatoms. The highest BCUT2D eigenvalue weighted by Crippen LogP contribution is 2.47. The zero-order valence-electron chi connectivity index (χ0n) is 12.5. The second kappa shape index (κ2) is 4.39. The molecular formula is C13H14N6OS3. The Bertz CT molecular complexity index is 909. The fourth-order valence-corrected chi connectivity index (χ4v) is 5.21. The van der Waals surface area contributed by atoms with Crippen molar-refractivity contribution < 1.29 is 4.74 Å². The van der Waals surface area contributed by atoms with Crippen molar-refractivity contribution in [2.45, 2.75) is 38.6 Å². The SMILES string of the molecule is CC1(C)Cc2c(sc3c2C2NNC(=S)N2c2n[nH]c(=S)n2-3)CO1. The Balaban J connectivity index is 1.81. The number of rotatable bonds is 0. The van der Waals surface area contributed by atoms with Crippen LogP contribution in [0.5, 0.6) is 0 Å². The summed E-state index contributed by atoms with van der Waals surface area (Å²) in [6.45, 7) is 4.88. The molecule has 2 aromatic heterocycles. The highest BCUT2D eigenvalue weighted by molar-refractivity contribution is 7.80. The number of nitrogens with zero attached hydrogens (tertiary/aromatic N) is 3. The predicted octanol–water partition coefficient (Wildman–Crippen LogP) is 2.05. The van der Waals surface area contributed by atoms with Gasteiger partial charge in [0.05, 0.1) is 12.2 Å². The summed E-state index contributed by atoms with van der Waals surface area (Å²) in [4.78, 5) is 3.23. The maximum atomic E-state index is 5.98. The number of H-pyrrole nitrogens is 1. The van der Waals surface area contributed by atoms with Crippen molar-refractivity contribution in [2.75, 3.05) is 4.90 Å². The van der Waals surface area contributed by atoms with E-state index in [1.165, 1.54) is 16.0 Å². The second-order valence-corrected chi connectivity index (χ2v) is 8.32. The number of hydrogen-bond acceptors (Lipinski definition) is 6. The van der Waals surface area contributed by atoms with Crippen LogP contribution in [0.4, 0.5) is 5.95 Å². The summed E-state index contributed by atoms with van der Waals surface area (Å²) >= 11 is 12.6. The molecule has 1 saturated heterocycles. The summed E-state index contributed by atoms with van der Waals surface area (Å²) in [5, 5.41) is 8.95. The van der Waals surface area contributed by atoms with Crippen LogP contribution in [0, 0.1) is 4.77 Å². The van der Waals surface area contributed by atoms with Crippen LogP contribution in [0.1, 0.15) is 36.0 Å². The molecule has 3 aliphatic rings. The molecule has 3 aliphatic heterocycles. The number of anilines is 1. The molecule has 0 bridgehead atoms. The summed E-state index contributed by atoms with van der Waals surface area (Å²) in [5.41, 5.74) is 8.72. The Hall–Kier alpha value is -1.33. The van der Waals surface area contributed by atoms with Crippen LogP contribution in [-0.2, 0) is 17.8 Å². The van der Waals surface area contributed by atoms with Crippen LogP contribution in [0.25, 0.3) is 5.00 Å². The molecule has 0 aliphatic carbocycles. The molecule has 120 valence electrons. The van der Waals surface area contributed by atoms with Gasteiger partial charge in [-0.1, -0.05) is 0 Å². The van der Waals surface area contributed by atoms with Gasteiger partial charge in [-0.2, -0.15) is 0 Å². The molecular weight excluding hydrogens is 352 g/mol. The van der Waals surface area contributed by atoms with Gasteiger partial charge in [0.1, 0.15) is 11.2 Å². The molecule has 5 heterocycles. The standard InChI is InChI=1S/C13H14N6OS3/c1-13(2)3-5-6(4-20-13)23-9-7(5)8-14-16-11(21)18(8)10-15-17-12(22)19(9)10/h8,14H,3-4H2,1-2H3,(H,16,21)(H,17,22). The van der Waals surface area contributed by atoms with E-state index in [-0.39, 0.29) is 11.8 Å². The second-order valence-electron chi connectivity index (χ2n) is 6.46. The van der Waals surface area contributed by atoms with Gasteiger partial charge in [-0.05, 0) is 43.8 Å². The molecule has 3 N–H and O–H groups in total. The smallest absolute Gasteiger partial charge is 0.239 e. The normalized spacial score (nSPS) is 23.8. The third-order valence-electron chi connectivity index (χ3n) is 4.45. The third kappa shape index (κ3) is 1.78. The van der Waals surface area contributed by atoms with E-state index >= 15 is 0 Å². The summed E-state index contributed by atoms with van der Waals surface area (Å²) in [7, 11) is 0. The van der Waals surface area contributed by atoms with E-state index in [1.807, 2.05) is 9.47 Å². The van der Waals surface area contributed by atoms with Crippen molar-refractivity contribution in [1.82, 2.24) is 25.6 Å². The number of aromatic nitrogens is 3. The number of thiocarbonyl (C=S) groups is 1. The topological polar surface area (TPSA) is 70.1 Å². The molecule has 1 atom stereocenters. The molecule has 5 rings (SSSR count). The van der Waals surface area contributed by atoms with Gasteiger partial charge in [0.2, 0.25) is 10.7 Å². The highest BCUT2D eigenvalue weighted by Gasteiger charge is 2.44. The Morgan fingerprint density at radius 2 is 2.22 bits per heavy atom. The van der Waals surface area contributed by atoms with E-state index in [1.54, 1.807) is 11.3 Å². The van der Waals surface area contributed by atoms with E-state index in [2.05, 4.69) is 34.9 Å². The lowest BCUT2D eigenvalue weighted by atomic mass is 9.91. The minimum absolute atomic E-state index is 0.0656. The number of hydrazine groups is 1. The molecule has 2 aromatic rings. The largest absolute Gasteiger partial charge is 0.370 e. The van der Waals surface area contributed by atoms with Gasteiger partial charge >= 0.3 is 0 Å². The summed E-state index contributed by atoms with van der Waals surface area (Å²) in [5.74, 6) is 0.716. The number of thiophene rings is 1. The maximum Gasteiger partial charge on any atom is 0.239 e. The van der Waals surface area contributed by atoms with Crippen molar-refractivity contribution in [3.8, 4) is 5.00 Å². The first-order chi connectivity index (χ1) is 11.0. The fourth-order valence-electron chi connectivity index (χ4n) is 3.42. The monoisotopic (exact) mass is 366 g/mol. The van der Waals surface area contributed by atoms with Gasteiger partial charge in [0.15, 0.2) is 5.11 Å². The molecule has 1 unspecified atom stereocenters. The van der Waals surface area contributed by atoms with Gasteiger partial charge < -0.3 is 4.74 Å². The molecule has 23 heavy (non-hydrogen) atoms. The van der Waals surface area contributed by atoms with Crippen LogP contribution in [0.2, 0.25) is 0 Å². The van der Waals surface area contributed by atoms with Crippen molar-refractivity contribution in [3.05, 3.63) is 20.8 Å². The van der Waals surface area contributed by atoms with Crippen molar-refractivity contribution in [1.29, 1.82) is 0 Å². The third-order valence-corrected chi connectivity index (χ3v) is 6.23. The van der Waals surface area contributed by atoms with E-state index in [0.29, 0.717) is 22.4 Å². The first-order valence-corrected chi connectivity index (χ1v) is 8.90. The number of hydrogen-bond donors (Lipinski definition) is 3. The predicted molar refractivity (Wildman–Crippen MR) is 93.3 cm³/mol. The quantitative estimate of drug-likeness (QED) is 0.617. The molecule has 0 amide bonds. The first kappa shape index (κ1) is 14.1. The molecule has 0 saturated carbocycles. The molecule has 0 radical (unpaired) electrons. The first-order valence-electron chi connectivity index (χ1n) is 7.27. The van der Waals surface area contributed by atoms with Crippen LogP contribution in [0.15, 0.2) is 0 Å². The number of aromatic amines is 1. The molecule has 0 aromatic carbocycles. The minimum Gasteiger partial charge on any atom is -0.370 e. The van der Waals surface area contributed by atoms with Crippen LogP contribution >= 0.6 is 35.8 Å². The summed E-state index contributed by atoms with van der Waals surface area (Å²) in [6, 6.07) is 0. The van der Waals surface area contributed by atoms with E-state index < -0.39 is 0 Å². The molecule has 1 fully saturated rings. The molecule has 0 spiro atoms. The lowest BCUT2D eigenvalue weighted by Crippen LogP contribution is -2.37. The van der Waals surface area contributed by atoms with Gasteiger partial charge in [-0.25, -0.2) is 15.1 Å². The van der Waals surface area contributed by atoms with E-state index in [4.69, 9.17) is 29.2 Å². The lowest BCUT2D eigenvalue weighted by molar-refractivity contribution is -0.0385. The number of ether oxygens (including phenoxy) is 1. The van der Waals surface area contributed by atoms with Gasteiger partial charge in [-0.3, -0.25) is 10.3 Å². The minimum atomic E-state index is -0.169. The maximum absolute atomic E-state index is 5.98. The van der Waals surface area contributed by atoms with Crippen molar-refractivity contribution in [3.63, 3.8) is 0 Å². The van der Waals surface area contributed by atoms with Gasteiger partial charge in [-0.15, -0.1) is 16.4 Å². The average Bonchev–Trinajstić information content (AvgIpc) is 3.14. The summed E-state index contributed by atoms with van der Waals surface area (Å²) in [6.07, 6.45) is 0.803. The zero-order chi connectivity index (χ0) is 15.9. The molecule has 7 nitrogen and oxygen atoms in total. The number of nitrogens with one attached hydrogen (secondary N) is 3. The Morgan fingerprint density at radius 3 is 3.04 bits per heavy atom. The van der Waals surface area contributed by atoms with E-state index in [0.717, 1.165) is 11.4 Å². The average molecular weight is 366 g/mol. The number of fused-ring (bicyclic) bond motifs is 8. The highest BCUT2D eigenvalue weighted by atomic mass is 32.1. The van der Waals surface area contributed by atoms with Crippen molar-refractivity contribution in [2.24, 2.45) is 0 Å². The van der Waals surface area contributed by atoms with Gasteiger partial charge in [0.25, 0.3) is 0 Å². The Morgan fingerprint density at radius 1 is 1.39 bits per heavy atom. The zero-order valence-corrected chi connectivity index (χ0v) is 14.9. The van der Waals surface area contributed by atoms with Gasteiger partial charge in [0, 0.05) is 16.9 Å². The Kier molecular flexibility index (Phi) is 2.68. The van der Waals surface area contributed by atoms with Crippen LogP contribution < -0.4 is 15.8 Å². The van der Waals surface area contributed by atoms with Crippen LogP contribution in [-0.4, -0.2) is 25.5 Å². The fraction of sp³-hybridized carbons (Fsp3) is 0.462. The lowest BCUT2D eigenvalue weighted by Gasteiger charge is -2.33. The van der Waals surface area contributed by atoms with Crippen molar-refractivity contribution >= 4 is 46.8 Å². The Labute approximate surface area is 146 Å². The summed E-state index contributed by atoms with van der Waals surface area (Å²) < 4.78 is 8.53.